The highest BCUT2D eigenvalue weighted by atomic mass is 32.2. The van der Waals surface area contributed by atoms with Gasteiger partial charge in [-0.25, -0.2) is 13.2 Å². The minimum absolute atomic E-state index is 0.0493. The number of nitrogens with zero attached hydrogens (tertiary/aromatic N) is 3. The van der Waals surface area contributed by atoms with Gasteiger partial charge in [0.05, 0.1) is 17.2 Å². The molecule has 0 bridgehead atoms. The molecule has 2 heterocycles. The Bertz CT molecular complexity index is 637. The fourth-order valence-electron chi connectivity index (χ4n) is 2.79. The van der Waals surface area contributed by atoms with Crippen molar-refractivity contribution in [1.82, 2.24) is 20.0 Å². The Balaban J connectivity index is 2.00. The minimum Gasteiger partial charge on any atom is -0.334 e. The molecule has 0 aliphatic carbocycles. The van der Waals surface area contributed by atoms with Gasteiger partial charge in [-0.3, -0.25) is 4.68 Å². The molecule has 1 saturated heterocycles. The number of amides is 2. The smallest absolute Gasteiger partial charge is 0.317 e. The molecule has 0 saturated carbocycles. The molecule has 1 N–H and O–H groups in total. The third-order valence-corrected chi connectivity index (χ3v) is 5.69. The number of aryl methyl sites for hydroxylation is 2. The summed E-state index contributed by atoms with van der Waals surface area (Å²) >= 11 is 0. The largest absolute Gasteiger partial charge is 0.334 e. The van der Waals surface area contributed by atoms with E-state index in [9.17, 15) is 13.2 Å². The first-order valence-electron chi connectivity index (χ1n) is 7.64. The van der Waals surface area contributed by atoms with Crippen LogP contribution in [0.3, 0.4) is 0 Å². The van der Waals surface area contributed by atoms with Crippen LogP contribution in [0.25, 0.3) is 0 Å². The fourth-order valence-corrected chi connectivity index (χ4v) is 3.99. The Hall–Kier alpha value is -1.57. The van der Waals surface area contributed by atoms with Crippen molar-refractivity contribution in [1.29, 1.82) is 0 Å². The highest BCUT2D eigenvalue weighted by Crippen LogP contribution is 2.15. The summed E-state index contributed by atoms with van der Waals surface area (Å²) in [6, 6.07) is -0.206. The maximum Gasteiger partial charge on any atom is 0.317 e. The molecular formula is C14H24N4O3S. The van der Waals surface area contributed by atoms with Gasteiger partial charge in [0.1, 0.15) is 0 Å². The Kier molecular flexibility index (Phi) is 5.10. The monoisotopic (exact) mass is 328 g/mol. The normalized spacial score (nSPS) is 17.5. The molecule has 124 valence electrons. The van der Waals surface area contributed by atoms with Crippen molar-refractivity contribution in [3.05, 3.63) is 17.0 Å². The van der Waals surface area contributed by atoms with Crippen molar-refractivity contribution in [3.8, 4) is 0 Å². The van der Waals surface area contributed by atoms with Gasteiger partial charge >= 0.3 is 6.03 Å². The number of hydrogen-bond acceptors (Lipinski definition) is 4. The predicted molar refractivity (Wildman–Crippen MR) is 84.4 cm³/mol. The Morgan fingerprint density at radius 1 is 1.23 bits per heavy atom. The lowest BCUT2D eigenvalue weighted by Crippen LogP contribution is -2.48. The van der Waals surface area contributed by atoms with Crippen molar-refractivity contribution < 1.29 is 13.2 Å². The molecule has 22 heavy (non-hydrogen) atoms. The van der Waals surface area contributed by atoms with E-state index in [1.54, 1.807) is 4.90 Å². The number of nitrogens with one attached hydrogen (secondary N) is 1. The van der Waals surface area contributed by atoms with Crippen LogP contribution in [-0.4, -0.2) is 53.7 Å². The van der Waals surface area contributed by atoms with E-state index in [0.717, 1.165) is 29.8 Å². The number of hydrogen-bond donors (Lipinski definition) is 1. The molecule has 0 spiro atoms. The summed E-state index contributed by atoms with van der Waals surface area (Å²) in [5.41, 5.74) is 3.20. The van der Waals surface area contributed by atoms with Gasteiger partial charge in [-0.1, -0.05) is 13.8 Å². The molecular weight excluding hydrogens is 304 g/mol. The average Bonchev–Trinajstić information content (AvgIpc) is 2.79. The van der Waals surface area contributed by atoms with Gasteiger partial charge in [0, 0.05) is 37.9 Å². The van der Waals surface area contributed by atoms with E-state index < -0.39 is 9.84 Å². The van der Waals surface area contributed by atoms with Gasteiger partial charge in [0.15, 0.2) is 9.84 Å². The van der Waals surface area contributed by atoms with Gasteiger partial charge in [-0.05, 0) is 12.8 Å². The van der Waals surface area contributed by atoms with E-state index in [1.165, 1.54) is 0 Å². The maximum atomic E-state index is 12.2. The summed E-state index contributed by atoms with van der Waals surface area (Å²) in [6.45, 7) is 5.08. The lowest BCUT2D eigenvalue weighted by Gasteiger charge is -2.26. The topological polar surface area (TPSA) is 84.3 Å². The van der Waals surface area contributed by atoms with Gasteiger partial charge < -0.3 is 10.2 Å². The standard InChI is InChI=1S/C14H24N4O3S/c1-4-12-11(13(5-2)17(3)16-12)10-15-14(19)18-6-8-22(20,21)9-7-18/h4-10H2,1-3H3,(H,15,19). The van der Waals surface area contributed by atoms with Crippen LogP contribution in [0.15, 0.2) is 0 Å². The van der Waals surface area contributed by atoms with Crippen molar-refractivity contribution >= 4 is 15.9 Å². The second kappa shape index (κ2) is 6.68. The SMILES string of the molecule is CCc1nn(C)c(CC)c1CNC(=O)N1CCS(=O)(=O)CC1. The fraction of sp³-hybridized carbons (Fsp3) is 0.714. The third kappa shape index (κ3) is 3.60. The lowest BCUT2D eigenvalue weighted by atomic mass is 10.1. The van der Waals surface area contributed by atoms with Crippen LogP contribution >= 0.6 is 0 Å². The Labute approximate surface area is 131 Å². The lowest BCUT2D eigenvalue weighted by molar-refractivity contribution is 0.201. The molecule has 0 aromatic carbocycles. The maximum absolute atomic E-state index is 12.2. The quantitative estimate of drug-likeness (QED) is 0.871. The van der Waals surface area contributed by atoms with Crippen molar-refractivity contribution in [2.75, 3.05) is 24.6 Å². The number of carbonyl (C=O) groups is 1. The molecule has 8 heteroatoms. The van der Waals surface area contributed by atoms with E-state index >= 15 is 0 Å². The molecule has 1 aliphatic heterocycles. The van der Waals surface area contributed by atoms with Crippen molar-refractivity contribution in [2.45, 2.75) is 33.2 Å². The van der Waals surface area contributed by atoms with E-state index in [1.807, 2.05) is 18.7 Å². The summed E-state index contributed by atoms with van der Waals surface area (Å²) in [4.78, 5) is 13.7. The summed E-state index contributed by atoms with van der Waals surface area (Å²) in [7, 11) is -1.05. The first-order chi connectivity index (χ1) is 10.4. The number of rotatable bonds is 4. The zero-order chi connectivity index (χ0) is 16.3. The zero-order valence-electron chi connectivity index (χ0n) is 13.4. The predicted octanol–water partition coefficient (Wildman–Crippen LogP) is 0.485. The van der Waals surface area contributed by atoms with Crippen molar-refractivity contribution in [2.24, 2.45) is 7.05 Å². The first kappa shape index (κ1) is 16.8. The minimum atomic E-state index is -2.97. The van der Waals surface area contributed by atoms with Crippen LogP contribution in [0.4, 0.5) is 4.79 Å². The molecule has 0 radical (unpaired) electrons. The summed E-state index contributed by atoms with van der Waals surface area (Å²) in [6.07, 6.45) is 1.68. The van der Waals surface area contributed by atoms with E-state index in [2.05, 4.69) is 17.3 Å². The van der Waals surface area contributed by atoms with E-state index in [0.29, 0.717) is 6.54 Å². The van der Waals surface area contributed by atoms with Crippen LogP contribution in [0.2, 0.25) is 0 Å². The molecule has 1 fully saturated rings. The van der Waals surface area contributed by atoms with Crippen LogP contribution in [0, 0.1) is 0 Å². The zero-order valence-corrected chi connectivity index (χ0v) is 14.2. The van der Waals surface area contributed by atoms with Crippen molar-refractivity contribution in [3.63, 3.8) is 0 Å². The Morgan fingerprint density at radius 3 is 2.41 bits per heavy atom. The molecule has 2 amide bonds. The molecule has 1 aromatic heterocycles. The summed E-state index contributed by atoms with van der Waals surface area (Å²) in [5.74, 6) is 0.0987. The number of aromatic nitrogens is 2. The number of urea groups is 1. The number of sulfone groups is 1. The second-order valence-electron chi connectivity index (χ2n) is 5.50. The third-order valence-electron chi connectivity index (χ3n) is 4.08. The van der Waals surface area contributed by atoms with Crippen LogP contribution in [-0.2, 0) is 36.3 Å². The molecule has 0 unspecified atom stereocenters. The molecule has 0 atom stereocenters. The van der Waals surface area contributed by atoms with E-state index in [-0.39, 0.29) is 30.6 Å². The van der Waals surface area contributed by atoms with Gasteiger partial charge in [-0.2, -0.15) is 5.10 Å². The first-order valence-corrected chi connectivity index (χ1v) is 9.47. The van der Waals surface area contributed by atoms with Gasteiger partial charge in [-0.15, -0.1) is 0 Å². The average molecular weight is 328 g/mol. The Morgan fingerprint density at radius 2 is 1.86 bits per heavy atom. The van der Waals surface area contributed by atoms with E-state index in [4.69, 9.17) is 0 Å². The highest BCUT2D eigenvalue weighted by Gasteiger charge is 2.25. The number of carbonyl (C=O) groups excluding carboxylic acids is 1. The molecule has 2 rings (SSSR count). The molecule has 7 nitrogen and oxygen atoms in total. The van der Waals surface area contributed by atoms with Gasteiger partial charge in [0.25, 0.3) is 0 Å². The second-order valence-corrected chi connectivity index (χ2v) is 7.80. The summed E-state index contributed by atoms with van der Waals surface area (Å²) in [5, 5.41) is 7.38. The molecule has 1 aliphatic rings. The van der Waals surface area contributed by atoms with Gasteiger partial charge in [0.2, 0.25) is 0 Å². The molecule has 1 aromatic rings. The van der Waals surface area contributed by atoms with Crippen LogP contribution < -0.4 is 5.32 Å². The summed E-state index contributed by atoms with van der Waals surface area (Å²) < 4.78 is 24.7. The highest BCUT2D eigenvalue weighted by molar-refractivity contribution is 7.91. The van der Waals surface area contributed by atoms with Crippen LogP contribution in [0.5, 0.6) is 0 Å². The van der Waals surface area contributed by atoms with Crippen LogP contribution in [0.1, 0.15) is 30.8 Å².